The zero-order chi connectivity index (χ0) is 8.77. The molecule has 2 aliphatic rings. The van der Waals surface area contributed by atoms with E-state index in [0.717, 1.165) is 25.5 Å². The molecule has 1 unspecified atom stereocenters. The Hall–Kier alpha value is -1.06. The summed E-state index contributed by atoms with van der Waals surface area (Å²) in [4.78, 5) is 22.6. The summed E-state index contributed by atoms with van der Waals surface area (Å²) >= 11 is 0. The molecule has 1 saturated carbocycles. The Morgan fingerprint density at radius 1 is 1.50 bits per heavy atom. The van der Waals surface area contributed by atoms with Gasteiger partial charge in [0.1, 0.15) is 6.29 Å². The molecule has 1 amide bonds. The third-order valence-corrected chi connectivity index (χ3v) is 3.08. The third-order valence-electron chi connectivity index (χ3n) is 3.08. The molecule has 0 bridgehead atoms. The summed E-state index contributed by atoms with van der Waals surface area (Å²) in [6.07, 6.45) is 2.72. The Balaban J connectivity index is 2.18. The maximum atomic E-state index is 10.7. The molecule has 0 radical (unpaired) electrons. The Kier molecular flexibility index (Phi) is 1.40. The zero-order valence-corrected chi connectivity index (χ0v) is 6.69. The molecule has 4 nitrogen and oxygen atoms in total. The van der Waals surface area contributed by atoms with Crippen LogP contribution in [0.1, 0.15) is 19.3 Å². The van der Waals surface area contributed by atoms with Crippen molar-refractivity contribution in [2.24, 2.45) is 5.41 Å². The summed E-state index contributed by atoms with van der Waals surface area (Å²) in [5.74, 6) is 0. The minimum atomic E-state index is -0.962. The van der Waals surface area contributed by atoms with Crippen LogP contribution in [-0.2, 0) is 4.79 Å². The first-order chi connectivity index (χ1) is 5.69. The lowest BCUT2D eigenvalue weighted by Gasteiger charge is -2.19. The van der Waals surface area contributed by atoms with E-state index >= 15 is 0 Å². The Morgan fingerprint density at radius 2 is 2.17 bits per heavy atom. The van der Waals surface area contributed by atoms with E-state index in [1.54, 1.807) is 0 Å². The first-order valence-electron chi connectivity index (χ1n) is 4.14. The number of carboxylic acid groups (broad SMARTS) is 1. The van der Waals surface area contributed by atoms with Crippen molar-refractivity contribution in [3.8, 4) is 0 Å². The molecular formula is C8H11NO3. The van der Waals surface area contributed by atoms with Gasteiger partial charge in [-0.1, -0.05) is 0 Å². The van der Waals surface area contributed by atoms with Gasteiger partial charge in [-0.25, -0.2) is 4.79 Å². The lowest BCUT2D eigenvalue weighted by Crippen LogP contribution is -2.38. The van der Waals surface area contributed by atoms with Crippen LogP contribution in [-0.4, -0.2) is 35.0 Å². The van der Waals surface area contributed by atoms with Gasteiger partial charge < -0.3 is 9.90 Å². The minimum Gasteiger partial charge on any atom is -0.465 e. The highest BCUT2D eigenvalue weighted by Crippen LogP contribution is 2.56. The quantitative estimate of drug-likeness (QED) is 0.588. The molecule has 0 aromatic heterocycles. The lowest BCUT2D eigenvalue weighted by molar-refractivity contribution is -0.112. The van der Waals surface area contributed by atoms with E-state index < -0.39 is 6.09 Å². The molecule has 2 fully saturated rings. The van der Waals surface area contributed by atoms with Crippen LogP contribution in [0, 0.1) is 5.41 Å². The highest BCUT2D eigenvalue weighted by atomic mass is 16.4. The van der Waals surface area contributed by atoms with E-state index in [2.05, 4.69) is 0 Å². The summed E-state index contributed by atoms with van der Waals surface area (Å²) in [7, 11) is 0. The van der Waals surface area contributed by atoms with E-state index in [0.29, 0.717) is 6.54 Å². The van der Waals surface area contributed by atoms with Gasteiger partial charge in [0.05, 0.1) is 6.04 Å². The van der Waals surface area contributed by atoms with Crippen molar-refractivity contribution in [1.29, 1.82) is 0 Å². The van der Waals surface area contributed by atoms with Gasteiger partial charge in [0.2, 0.25) is 0 Å². The molecule has 1 heterocycles. The van der Waals surface area contributed by atoms with Crippen molar-refractivity contribution in [3.63, 3.8) is 0 Å². The Bertz CT molecular complexity index is 234. The molecule has 12 heavy (non-hydrogen) atoms. The Morgan fingerprint density at radius 3 is 2.58 bits per heavy atom. The molecule has 1 saturated heterocycles. The molecule has 1 spiro atoms. The maximum absolute atomic E-state index is 10.7. The third kappa shape index (κ3) is 0.838. The molecule has 0 aromatic rings. The van der Waals surface area contributed by atoms with Crippen LogP contribution in [0.25, 0.3) is 0 Å². The van der Waals surface area contributed by atoms with Gasteiger partial charge in [-0.2, -0.15) is 0 Å². The van der Waals surface area contributed by atoms with Crippen LogP contribution in [0.2, 0.25) is 0 Å². The van der Waals surface area contributed by atoms with Crippen molar-refractivity contribution >= 4 is 12.4 Å². The zero-order valence-electron chi connectivity index (χ0n) is 6.69. The van der Waals surface area contributed by atoms with E-state index in [4.69, 9.17) is 5.11 Å². The molecule has 4 heteroatoms. The number of likely N-dealkylation sites (tertiary alicyclic amines) is 1. The van der Waals surface area contributed by atoms with Crippen LogP contribution >= 0.6 is 0 Å². The van der Waals surface area contributed by atoms with E-state index in [-0.39, 0.29) is 11.5 Å². The normalized spacial score (nSPS) is 30.7. The fourth-order valence-corrected chi connectivity index (χ4v) is 2.10. The van der Waals surface area contributed by atoms with Gasteiger partial charge in [0.25, 0.3) is 0 Å². The van der Waals surface area contributed by atoms with E-state index in [9.17, 15) is 9.59 Å². The second-order valence-electron chi connectivity index (χ2n) is 3.67. The van der Waals surface area contributed by atoms with Gasteiger partial charge in [-0.3, -0.25) is 4.90 Å². The number of amides is 1. The van der Waals surface area contributed by atoms with Crippen molar-refractivity contribution in [2.45, 2.75) is 25.3 Å². The van der Waals surface area contributed by atoms with Crippen LogP contribution < -0.4 is 0 Å². The maximum Gasteiger partial charge on any atom is 0.407 e. The topological polar surface area (TPSA) is 57.6 Å². The summed E-state index contributed by atoms with van der Waals surface area (Å²) in [6.45, 7) is 0.527. The predicted octanol–water partition coefficient (Wildman–Crippen LogP) is 0.718. The highest BCUT2D eigenvalue weighted by molar-refractivity contribution is 5.74. The van der Waals surface area contributed by atoms with E-state index in [1.165, 1.54) is 4.90 Å². The van der Waals surface area contributed by atoms with Gasteiger partial charge in [0.15, 0.2) is 0 Å². The molecule has 66 valence electrons. The van der Waals surface area contributed by atoms with Crippen LogP contribution in [0.4, 0.5) is 4.79 Å². The number of hydrogen-bond donors (Lipinski definition) is 1. The van der Waals surface area contributed by atoms with Crippen LogP contribution in [0.3, 0.4) is 0 Å². The van der Waals surface area contributed by atoms with Gasteiger partial charge >= 0.3 is 6.09 Å². The largest absolute Gasteiger partial charge is 0.465 e. The average molecular weight is 169 g/mol. The summed E-state index contributed by atoms with van der Waals surface area (Å²) in [5.41, 5.74) is 0.0418. The van der Waals surface area contributed by atoms with Gasteiger partial charge in [-0.15, -0.1) is 0 Å². The summed E-state index contributed by atoms with van der Waals surface area (Å²) in [5, 5.41) is 8.74. The van der Waals surface area contributed by atoms with Gasteiger partial charge in [-0.05, 0) is 24.7 Å². The highest BCUT2D eigenvalue weighted by Gasteiger charge is 2.56. The molecule has 0 aromatic carbocycles. The lowest BCUT2D eigenvalue weighted by atomic mass is 9.98. The predicted molar refractivity (Wildman–Crippen MR) is 40.9 cm³/mol. The fraction of sp³-hybridized carbons (Fsp3) is 0.750. The minimum absolute atomic E-state index is 0.0418. The number of carbonyl (C=O) groups excluding carboxylic acids is 1. The number of hydrogen-bond acceptors (Lipinski definition) is 2. The molecule has 1 aliphatic carbocycles. The standard InChI is InChI=1S/C8H11NO3/c10-5-6-8(1-2-8)3-4-9(6)7(11)12/h5-6H,1-4H2,(H,11,12). The molecule has 2 rings (SSSR count). The SMILES string of the molecule is O=CC1N(C(=O)O)CCC12CC2. The van der Waals surface area contributed by atoms with Crippen molar-refractivity contribution in [2.75, 3.05) is 6.54 Å². The summed E-state index contributed by atoms with van der Waals surface area (Å²) < 4.78 is 0. The second kappa shape index (κ2) is 2.21. The van der Waals surface area contributed by atoms with Crippen molar-refractivity contribution in [1.82, 2.24) is 4.90 Å². The molecular weight excluding hydrogens is 158 g/mol. The smallest absolute Gasteiger partial charge is 0.407 e. The van der Waals surface area contributed by atoms with Crippen LogP contribution in [0.15, 0.2) is 0 Å². The van der Waals surface area contributed by atoms with Crippen molar-refractivity contribution in [3.05, 3.63) is 0 Å². The first kappa shape index (κ1) is 7.58. The van der Waals surface area contributed by atoms with E-state index in [1.807, 2.05) is 0 Å². The molecule has 1 atom stereocenters. The number of aldehydes is 1. The molecule has 1 aliphatic heterocycles. The van der Waals surface area contributed by atoms with Crippen molar-refractivity contribution < 1.29 is 14.7 Å². The summed E-state index contributed by atoms with van der Waals surface area (Å²) in [6, 6.07) is -0.366. The molecule has 1 N–H and O–H groups in total. The van der Waals surface area contributed by atoms with Crippen LogP contribution in [0.5, 0.6) is 0 Å². The number of nitrogens with zero attached hydrogens (tertiary/aromatic N) is 1. The average Bonchev–Trinajstić information content (AvgIpc) is 2.64. The first-order valence-corrected chi connectivity index (χ1v) is 4.14. The fourth-order valence-electron chi connectivity index (χ4n) is 2.10. The van der Waals surface area contributed by atoms with Gasteiger partial charge in [0, 0.05) is 6.54 Å². The monoisotopic (exact) mass is 169 g/mol. The number of carbonyl (C=O) groups is 2. The number of rotatable bonds is 1. The Labute approximate surface area is 70.2 Å². The second-order valence-corrected chi connectivity index (χ2v) is 3.67.